The maximum Gasteiger partial charge on any atom is 0.384 e. The molecule has 0 unspecified atom stereocenters. The van der Waals surface area contributed by atoms with Gasteiger partial charge in [0.25, 0.3) is 5.56 Å². The van der Waals surface area contributed by atoms with Gasteiger partial charge in [0.2, 0.25) is 5.69 Å². The molecule has 11 heteroatoms. The maximum absolute atomic E-state index is 12.4. The molecule has 0 aliphatic heterocycles. The van der Waals surface area contributed by atoms with Gasteiger partial charge >= 0.3 is 16.3 Å². The van der Waals surface area contributed by atoms with Crippen LogP contribution in [0.5, 0.6) is 5.75 Å². The summed E-state index contributed by atoms with van der Waals surface area (Å²) in [6.07, 6.45) is 0. The summed E-state index contributed by atoms with van der Waals surface area (Å²) in [5.41, 5.74) is -1.00. The van der Waals surface area contributed by atoms with Crippen molar-refractivity contribution in [2.75, 3.05) is 20.7 Å². The van der Waals surface area contributed by atoms with Gasteiger partial charge in [-0.15, -0.1) is 0 Å². The summed E-state index contributed by atoms with van der Waals surface area (Å²) in [7, 11) is -1.75. The SMILES string of the molecule is CCOC(=O)c1nn(-c2ccccc2Cl)c(=O)cc1OS(=O)(=O)N(C)C. The molecule has 26 heavy (non-hydrogen) atoms. The number of hydrogen-bond acceptors (Lipinski definition) is 7. The molecule has 2 aromatic rings. The number of nitrogens with zero attached hydrogens (tertiary/aromatic N) is 3. The van der Waals surface area contributed by atoms with Crippen LogP contribution in [0.25, 0.3) is 5.69 Å². The van der Waals surface area contributed by atoms with Gasteiger partial charge in [-0.25, -0.2) is 4.79 Å². The number of aromatic nitrogens is 2. The van der Waals surface area contributed by atoms with E-state index in [0.29, 0.717) is 0 Å². The van der Waals surface area contributed by atoms with Gasteiger partial charge in [-0.05, 0) is 19.1 Å². The minimum Gasteiger partial charge on any atom is -0.461 e. The summed E-state index contributed by atoms with van der Waals surface area (Å²) < 4.78 is 35.3. The molecule has 140 valence electrons. The third-order valence-corrected chi connectivity index (χ3v) is 4.69. The van der Waals surface area contributed by atoms with Crippen molar-refractivity contribution >= 4 is 27.9 Å². The molecule has 0 N–H and O–H groups in total. The normalized spacial score (nSPS) is 11.4. The van der Waals surface area contributed by atoms with Crippen LogP contribution in [0.2, 0.25) is 5.02 Å². The molecule has 0 radical (unpaired) electrons. The molecule has 0 spiro atoms. The first-order valence-electron chi connectivity index (χ1n) is 7.35. The number of para-hydroxylation sites is 1. The Hall–Kier alpha value is -2.43. The Morgan fingerprint density at radius 3 is 2.54 bits per heavy atom. The summed E-state index contributed by atoms with van der Waals surface area (Å²) in [4.78, 5) is 24.6. The first kappa shape index (κ1) is 19.9. The zero-order chi connectivity index (χ0) is 19.5. The highest BCUT2D eigenvalue weighted by Crippen LogP contribution is 2.21. The molecule has 0 saturated carbocycles. The molecule has 1 aromatic heterocycles. The number of carbonyl (C=O) groups is 1. The predicted molar refractivity (Wildman–Crippen MR) is 94.0 cm³/mol. The molecule has 1 aromatic carbocycles. The molecular formula is C15H16ClN3O6S. The topological polar surface area (TPSA) is 108 Å². The minimum atomic E-state index is -4.21. The lowest BCUT2D eigenvalue weighted by molar-refractivity contribution is 0.0515. The highest BCUT2D eigenvalue weighted by molar-refractivity contribution is 7.84. The molecule has 2 rings (SSSR count). The average Bonchev–Trinajstić information content (AvgIpc) is 2.55. The quantitative estimate of drug-likeness (QED) is 0.670. The molecule has 0 aliphatic carbocycles. The van der Waals surface area contributed by atoms with Crippen LogP contribution in [-0.4, -0.2) is 49.2 Å². The summed E-state index contributed by atoms with van der Waals surface area (Å²) in [5.74, 6) is -1.48. The van der Waals surface area contributed by atoms with Gasteiger partial charge in [0.15, 0.2) is 5.75 Å². The molecule has 0 aliphatic rings. The molecule has 0 atom stereocenters. The Balaban J connectivity index is 2.67. The summed E-state index contributed by atoms with van der Waals surface area (Å²) in [6.45, 7) is 1.59. The zero-order valence-corrected chi connectivity index (χ0v) is 15.7. The second-order valence-corrected chi connectivity index (χ2v) is 7.26. The lowest BCUT2D eigenvalue weighted by atomic mass is 10.3. The van der Waals surface area contributed by atoms with Crippen LogP contribution in [0.3, 0.4) is 0 Å². The van der Waals surface area contributed by atoms with Crippen LogP contribution in [0.15, 0.2) is 35.1 Å². The predicted octanol–water partition coefficient (Wildman–Crippen LogP) is 1.25. The van der Waals surface area contributed by atoms with E-state index in [2.05, 4.69) is 5.10 Å². The van der Waals surface area contributed by atoms with Gasteiger partial charge in [-0.3, -0.25) is 4.79 Å². The highest BCUT2D eigenvalue weighted by atomic mass is 35.5. The lowest BCUT2D eigenvalue weighted by Gasteiger charge is -2.15. The Morgan fingerprint density at radius 2 is 1.96 bits per heavy atom. The summed E-state index contributed by atoms with van der Waals surface area (Å²) in [5, 5.41) is 4.12. The number of carbonyl (C=O) groups excluding carboxylic acids is 1. The van der Waals surface area contributed by atoms with Crippen LogP contribution in [0.4, 0.5) is 0 Å². The van der Waals surface area contributed by atoms with Crippen molar-refractivity contribution < 1.29 is 22.1 Å². The van der Waals surface area contributed by atoms with E-state index in [4.69, 9.17) is 20.5 Å². The van der Waals surface area contributed by atoms with Crippen LogP contribution in [0, 0.1) is 0 Å². The molecule has 9 nitrogen and oxygen atoms in total. The van der Waals surface area contributed by atoms with E-state index in [1.165, 1.54) is 26.2 Å². The largest absolute Gasteiger partial charge is 0.461 e. The van der Waals surface area contributed by atoms with Crippen molar-refractivity contribution in [2.45, 2.75) is 6.92 Å². The fourth-order valence-electron chi connectivity index (χ4n) is 1.83. The van der Waals surface area contributed by atoms with Crippen LogP contribution >= 0.6 is 11.6 Å². The van der Waals surface area contributed by atoms with Crippen molar-refractivity contribution in [3.05, 3.63) is 51.4 Å². The Labute approximate surface area is 155 Å². The Bertz CT molecular complexity index is 987. The van der Waals surface area contributed by atoms with E-state index in [0.717, 1.165) is 15.1 Å². The van der Waals surface area contributed by atoms with E-state index in [-0.39, 0.29) is 17.3 Å². The van der Waals surface area contributed by atoms with Crippen molar-refractivity contribution in [3.63, 3.8) is 0 Å². The number of ether oxygens (including phenoxy) is 1. The van der Waals surface area contributed by atoms with Crippen molar-refractivity contribution in [3.8, 4) is 11.4 Å². The average molecular weight is 402 g/mol. The van der Waals surface area contributed by atoms with Gasteiger partial charge < -0.3 is 8.92 Å². The fraction of sp³-hybridized carbons (Fsp3) is 0.267. The van der Waals surface area contributed by atoms with Crippen LogP contribution in [-0.2, 0) is 15.0 Å². The number of hydrogen-bond donors (Lipinski definition) is 0. The monoisotopic (exact) mass is 401 g/mol. The molecule has 0 fully saturated rings. The molecule has 1 heterocycles. The zero-order valence-electron chi connectivity index (χ0n) is 14.2. The lowest BCUT2D eigenvalue weighted by Crippen LogP contribution is -2.30. The highest BCUT2D eigenvalue weighted by Gasteiger charge is 2.25. The van der Waals surface area contributed by atoms with Crippen LogP contribution in [0.1, 0.15) is 17.4 Å². The molecule has 0 saturated heterocycles. The third kappa shape index (κ3) is 4.21. The van der Waals surface area contributed by atoms with Crippen molar-refractivity contribution in [1.82, 2.24) is 14.1 Å². The minimum absolute atomic E-state index is 0.0194. The van der Waals surface area contributed by atoms with E-state index < -0.39 is 33.3 Å². The van der Waals surface area contributed by atoms with Crippen molar-refractivity contribution in [2.24, 2.45) is 0 Å². The molecule has 0 bridgehead atoms. The first-order valence-corrected chi connectivity index (χ1v) is 9.10. The smallest absolute Gasteiger partial charge is 0.384 e. The number of benzene rings is 1. The molecular weight excluding hydrogens is 386 g/mol. The van der Waals surface area contributed by atoms with E-state index >= 15 is 0 Å². The Morgan fingerprint density at radius 1 is 1.31 bits per heavy atom. The Kier molecular flexibility index (Phi) is 6.01. The second-order valence-electron chi connectivity index (χ2n) is 5.10. The van der Waals surface area contributed by atoms with E-state index in [1.54, 1.807) is 19.1 Å². The van der Waals surface area contributed by atoms with E-state index in [9.17, 15) is 18.0 Å². The number of rotatable bonds is 6. The van der Waals surface area contributed by atoms with E-state index in [1.807, 2.05) is 0 Å². The van der Waals surface area contributed by atoms with Gasteiger partial charge in [0, 0.05) is 14.1 Å². The third-order valence-electron chi connectivity index (χ3n) is 3.09. The standard InChI is InChI=1S/C15H16ClN3O6S/c1-4-24-15(21)14-12(25-26(22,23)18(2)3)9-13(20)19(17-14)11-8-6-5-7-10(11)16/h5-9H,4H2,1-3H3. The number of esters is 1. The summed E-state index contributed by atoms with van der Waals surface area (Å²) >= 11 is 6.06. The summed E-state index contributed by atoms with van der Waals surface area (Å²) in [6, 6.07) is 7.17. The van der Waals surface area contributed by atoms with Gasteiger partial charge in [0.05, 0.1) is 23.4 Å². The van der Waals surface area contributed by atoms with Gasteiger partial charge in [-0.2, -0.15) is 22.5 Å². The van der Waals surface area contributed by atoms with Gasteiger partial charge in [0.1, 0.15) is 0 Å². The molecule has 0 amide bonds. The van der Waals surface area contributed by atoms with Crippen molar-refractivity contribution in [1.29, 1.82) is 0 Å². The second kappa shape index (κ2) is 7.85. The first-order chi connectivity index (χ1) is 12.2. The fourth-order valence-corrected chi connectivity index (χ4v) is 2.55. The van der Waals surface area contributed by atoms with Gasteiger partial charge in [-0.1, -0.05) is 23.7 Å². The maximum atomic E-state index is 12.4. The van der Waals surface area contributed by atoms with Crippen LogP contribution < -0.4 is 9.74 Å². The number of halogens is 1.